The molecule has 1 aromatic rings. The molecule has 0 aromatic carbocycles. The van der Waals surface area contributed by atoms with Gasteiger partial charge in [-0.2, -0.15) is 0 Å². The molecule has 0 fully saturated rings. The molecular weight excluding hydrogens is 206 g/mol. The summed E-state index contributed by atoms with van der Waals surface area (Å²) in [6.45, 7) is 6.96. The number of rotatable bonds is 8. The number of nitrogens with zero attached hydrogens (tertiary/aromatic N) is 2. The topological polar surface area (TPSA) is 59.3 Å². The van der Waals surface area contributed by atoms with Gasteiger partial charge in [0.15, 0.2) is 0 Å². The van der Waals surface area contributed by atoms with Gasteiger partial charge in [0, 0.05) is 25.3 Å². The largest absolute Gasteiger partial charge is 0.394 e. The Balaban J connectivity index is 2.19. The normalized spacial score (nSPS) is 11.2. The standard InChI is InChI=1S/C11H21N3O2/c1-10(2)14-9-13-8-11(14)7-12-3-5-16-6-4-15/h8-10,12,15H,3-7H2,1-2H3. The lowest BCUT2D eigenvalue weighted by Gasteiger charge is -2.12. The van der Waals surface area contributed by atoms with Crippen molar-refractivity contribution >= 4 is 0 Å². The van der Waals surface area contributed by atoms with Gasteiger partial charge in [0.1, 0.15) is 0 Å². The molecule has 5 heteroatoms. The van der Waals surface area contributed by atoms with E-state index in [4.69, 9.17) is 9.84 Å². The van der Waals surface area contributed by atoms with Crippen molar-refractivity contribution in [2.45, 2.75) is 26.4 Å². The second kappa shape index (κ2) is 7.38. The third-order valence-corrected chi connectivity index (χ3v) is 2.27. The number of imidazole rings is 1. The fourth-order valence-corrected chi connectivity index (χ4v) is 1.46. The number of ether oxygens (including phenoxy) is 1. The van der Waals surface area contributed by atoms with Crippen LogP contribution in [0.25, 0.3) is 0 Å². The number of hydrogen-bond donors (Lipinski definition) is 2. The average molecular weight is 227 g/mol. The molecule has 1 heterocycles. The number of aliphatic hydroxyl groups is 1. The third kappa shape index (κ3) is 4.30. The van der Waals surface area contributed by atoms with Crippen LogP contribution in [0.1, 0.15) is 25.6 Å². The Morgan fingerprint density at radius 1 is 1.50 bits per heavy atom. The highest BCUT2D eigenvalue weighted by Gasteiger charge is 2.03. The monoisotopic (exact) mass is 227 g/mol. The van der Waals surface area contributed by atoms with Gasteiger partial charge in [-0.1, -0.05) is 0 Å². The smallest absolute Gasteiger partial charge is 0.0951 e. The van der Waals surface area contributed by atoms with Crippen LogP contribution >= 0.6 is 0 Å². The summed E-state index contributed by atoms with van der Waals surface area (Å²) in [7, 11) is 0. The molecule has 0 radical (unpaired) electrons. The average Bonchev–Trinajstić information content (AvgIpc) is 2.71. The third-order valence-electron chi connectivity index (χ3n) is 2.27. The minimum Gasteiger partial charge on any atom is -0.394 e. The van der Waals surface area contributed by atoms with E-state index in [2.05, 4.69) is 28.7 Å². The molecule has 0 aliphatic rings. The van der Waals surface area contributed by atoms with Gasteiger partial charge < -0.3 is 19.7 Å². The van der Waals surface area contributed by atoms with E-state index in [1.807, 2.05) is 12.5 Å². The maximum Gasteiger partial charge on any atom is 0.0951 e. The summed E-state index contributed by atoms with van der Waals surface area (Å²) in [5, 5.41) is 11.8. The van der Waals surface area contributed by atoms with E-state index < -0.39 is 0 Å². The number of aliphatic hydroxyl groups excluding tert-OH is 1. The predicted octanol–water partition coefficient (Wildman–Crippen LogP) is 0.562. The highest BCUT2D eigenvalue weighted by molar-refractivity contribution is 4.99. The molecule has 0 unspecified atom stereocenters. The SMILES string of the molecule is CC(C)n1cncc1CNCCOCCO. The molecule has 92 valence electrons. The molecule has 16 heavy (non-hydrogen) atoms. The molecular formula is C11H21N3O2. The van der Waals surface area contributed by atoms with Crippen LogP contribution in [0.5, 0.6) is 0 Å². The number of nitrogens with one attached hydrogen (secondary N) is 1. The van der Waals surface area contributed by atoms with Crippen LogP contribution in [0.15, 0.2) is 12.5 Å². The lowest BCUT2D eigenvalue weighted by Crippen LogP contribution is -2.21. The Morgan fingerprint density at radius 3 is 3.00 bits per heavy atom. The summed E-state index contributed by atoms with van der Waals surface area (Å²) < 4.78 is 7.29. The van der Waals surface area contributed by atoms with Crippen LogP contribution in [0.3, 0.4) is 0 Å². The molecule has 0 bridgehead atoms. The summed E-state index contributed by atoms with van der Waals surface area (Å²) in [6, 6.07) is 0.435. The van der Waals surface area contributed by atoms with Gasteiger partial charge in [0.25, 0.3) is 0 Å². The van der Waals surface area contributed by atoms with Crippen LogP contribution in [-0.4, -0.2) is 41.0 Å². The van der Waals surface area contributed by atoms with Gasteiger partial charge in [-0.05, 0) is 13.8 Å². The first-order chi connectivity index (χ1) is 7.75. The van der Waals surface area contributed by atoms with Gasteiger partial charge in [-0.25, -0.2) is 4.98 Å². The van der Waals surface area contributed by atoms with Crippen LogP contribution in [0.4, 0.5) is 0 Å². The van der Waals surface area contributed by atoms with E-state index in [1.54, 1.807) is 0 Å². The van der Waals surface area contributed by atoms with E-state index in [-0.39, 0.29) is 6.61 Å². The molecule has 0 atom stereocenters. The van der Waals surface area contributed by atoms with E-state index in [0.29, 0.717) is 19.3 Å². The molecule has 0 aliphatic carbocycles. The molecule has 1 rings (SSSR count). The van der Waals surface area contributed by atoms with Crippen LogP contribution in [-0.2, 0) is 11.3 Å². The van der Waals surface area contributed by atoms with Crippen LogP contribution < -0.4 is 5.32 Å². The van der Waals surface area contributed by atoms with Gasteiger partial charge in [0.2, 0.25) is 0 Å². The summed E-state index contributed by atoms with van der Waals surface area (Å²) in [6.07, 6.45) is 3.73. The minimum absolute atomic E-state index is 0.0835. The quantitative estimate of drug-likeness (QED) is 0.637. The van der Waals surface area contributed by atoms with E-state index in [1.165, 1.54) is 5.69 Å². The van der Waals surface area contributed by atoms with Crippen molar-refractivity contribution in [3.8, 4) is 0 Å². The lowest BCUT2D eigenvalue weighted by molar-refractivity contribution is 0.0937. The molecule has 0 saturated carbocycles. The van der Waals surface area contributed by atoms with Gasteiger partial charge in [-0.15, -0.1) is 0 Å². The zero-order valence-corrected chi connectivity index (χ0v) is 10.0. The Bertz CT molecular complexity index is 287. The van der Waals surface area contributed by atoms with Gasteiger partial charge in [0.05, 0.1) is 31.8 Å². The zero-order chi connectivity index (χ0) is 11.8. The Hall–Kier alpha value is -0.910. The first kappa shape index (κ1) is 13.2. The summed E-state index contributed by atoms with van der Waals surface area (Å²) >= 11 is 0. The highest BCUT2D eigenvalue weighted by Crippen LogP contribution is 2.07. The van der Waals surface area contributed by atoms with Crippen molar-refractivity contribution < 1.29 is 9.84 Å². The molecule has 5 nitrogen and oxygen atoms in total. The second-order valence-electron chi connectivity index (χ2n) is 3.90. The van der Waals surface area contributed by atoms with Gasteiger partial charge in [-0.3, -0.25) is 0 Å². The number of aromatic nitrogens is 2. The predicted molar refractivity (Wildman–Crippen MR) is 62.2 cm³/mol. The van der Waals surface area contributed by atoms with E-state index >= 15 is 0 Å². The highest BCUT2D eigenvalue weighted by atomic mass is 16.5. The summed E-state index contributed by atoms with van der Waals surface area (Å²) in [5.41, 5.74) is 1.18. The van der Waals surface area contributed by atoms with Crippen molar-refractivity contribution in [1.82, 2.24) is 14.9 Å². The van der Waals surface area contributed by atoms with Crippen molar-refractivity contribution in [2.75, 3.05) is 26.4 Å². The maximum absolute atomic E-state index is 8.51. The van der Waals surface area contributed by atoms with Crippen molar-refractivity contribution in [2.24, 2.45) is 0 Å². The van der Waals surface area contributed by atoms with Crippen molar-refractivity contribution in [3.05, 3.63) is 18.2 Å². The molecule has 1 aromatic heterocycles. The van der Waals surface area contributed by atoms with E-state index in [9.17, 15) is 0 Å². The van der Waals surface area contributed by atoms with Crippen molar-refractivity contribution in [1.29, 1.82) is 0 Å². The van der Waals surface area contributed by atoms with E-state index in [0.717, 1.165) is 13.1 Å². The van der Waals surface area contributed by atoms with Crippen molar-refractivity contribution in [3.63, 3.8) is 0 Å². The fraction of sp³-hybridized carbons (Fsp3) is 0.727. The lowest BCUT2D eigenvalue weighted by atomic mass is 10.3. The minimum atomic E-state index is 0.0835. The molecule has 0 aliphatic heterocycles. The first-order valence-corrected chi connectivity index (χ1v) is 5.65. The Labute approximate surface area is 96.4 Å². The molecule has 2 N–H and O–H groups in total. The summed E-state index contributed by atoms with van der Waals surface area (Å²) in [5.74, 6) is 0. The van der Waals surface area contributed by atoms with Crippen LogP contribution in [0, 0.1) is 0 Å². The first-order valence-electron chi connectivity index (χ1n) is 5.65. The summed E-state index contributed by atoms with van der Waals surface area (Å²) in [4.78, 5) is 4.13. The molecule has 0 spiro atoms. The molecule has 0 amide bonds. The molecule has 0 saturated heterocycles. The fourth-order valence-electron chi connectivity index (χ4n) is 1.46. The van der Waals surface area contributed by atoms with Crippen LogP contribution in [0.2, 0.25) is 0 Å². The Kier molecular flexibility index (Phi) is 6.07. The van der Waals surface area contributed by atoms with Gasteiger partial charge >= 0.3 is 0 Å². The number of hydrogen-bond acceptors (Lipinski definition) is 4. The Morgan fingerprint density at radius 2 is 2.31 bits per heavy atom. The second-order valence-corrected chi connectivity index (χ2v) is 3.90. The zero-order valence-electron chi connectivity index (χ0n) is 10.0. The maximum atomic E-state index is 8.51.